The van der Waals surface area contributed by atoms with E-state index in [9.17, 15) is 0 Å². The van der Waals surface area contributed by atoms with E-state index in [0.717, 1.165) is 16.7 Å². The van der Waals surface area contributed by atoms with Crippen LogP contribution in [0.3, 0.4) is 0 Å². The summed E-state index contributed by atoms with van der Waals surface area (Å²) in [5.41, 5.74) is 6.25. The molecule has 3 rings (SSSR count). The zero-order valence-electron chi connectivity index (χ0n) is 9.14. The van der Waals surface area contributed by atoms with E-state index in [-0.39, 0.29) is 0 Å². The van der Waals surface area contributed by atoms with E-state index >= 15 is 0 Å². The van der Waals surface area contributed by atoms with Crippen LogP contribution in [0, 0.1) is 0 Å². The minimum absolute atomic E-state index is 0.332. The Bertz CT molecular complexity index is 669. The molecule has 0 bridgehead atoms. The SMILES string of the molecule is COc1ccc2oc(-c3cc(N)no3)cc2c1. The Kier molecular flexibility index (Phi) is 2.04. The summed E-state index contributed by atoms with van der Waals surface area (Å²) in [7, 11) is 1.62. The number of ether oxygens (including phenoxy) is 1. The lowest BCUT2D eigenvalue weighted by Crippen LogP contribution is -1.79. The van der Waals surface area contributed by atoms with E-state index in [1.54, 1.807) is 13.2 Å². The number of nitrogens with two attached hydrogens (primary N) is 1. The molecule has 1 aromatic carbocycles. The second-order valence-corrected chi connectivity index (χ2v) is 3.63. The molecular weight excluding hydrogens is 220 g/mol. The predicted octanol–water partition coefficient (Wildman–Crippen LogP) is 2.68. The molecular formula is C12H10N2O3. The van der Waals surface area contributed by atoms with Gasteiger partial charge in [0.2, 0.25) is 5.76 Å². The van der Waals surface area contributed by atoms with Crippen LogP contribution >= 0.6 is 0 Å². The van der Waals surface area contributed by atoms with E-state index in [1.807, 2.05) is 24.3 Å². The van der Waals surface area contributed by atoms with Crippen LogP contribution in [0.2, 0.25) is 0 Å². The second-order valence-electron chi connectivity index (χ2n) is 3.63. The number of benzene rings is 1. The normalized spacial score (nSPS) is 10.9. The number of aromatic nitrogens is 1. The molecule has 86 valence electrons. The summed E-state index contributed by atoms with van der Waals surface area (Å²) in [4.78, 5) is 0. The standard InChI is InChI=1S/C12H10N2O3/c1-15-8-2-3-9-7(4-8)5-10(16-9)11-6-12(13)14-17-11/h2-6H,1H3,(H2,13,14). The van der Waals surface area contributed by atoms with Gasteiger partial charge in [-0.1, -0.05) is 5.16 Å². The van der Waals surface area contributed by atoms with Crippen molar-refractivity contribution in [2.45, 2.75) is 0 Å². The van der Waals surface area contributed by atoms with Crippen molar-refractivity contribution in [1.29, 1.82) is 0 Å². The number of nitrogen functional groups attached to an aromatic ring is 1. The lowest BCUT2D eigenvalue weighted by molar-refractivity contribution is 0.415. The third-order valence-electron chi connectivity index (χ3n) is 2.49. The topological polar surface area (TPSA) is 74.4 Å². The number of furan rings is 1. The smallest absolute Gasteiger partial charge is 0.204 e. The van der Waals surface area contributed by atoms with E-state index in [2.05, 4.69) is 5.16 Å². The molecule has 0 spiro atoms. The molecule has 0 fully saturated rings. The van der Waals surface area contributed by atoms with Crippen LogP contribution in [0.15, 0.2) is 39.3 Å². The van der Waals surface area contributed by atoms with Gasteiger partial charge in [-0.05, 0) is 24.3 Å². The Balaban J connectivity index is 2.13. The van der Waals surface area contributed by atoms with Gasteiger partial charge in [0.05, 0.1) is 7.11 Å². The van der Waals surface area contributed by atoms with Crippen molar-refractivity contribution in [3.63, 3.8) is 0 Å². The van der Waals surface area contributed by atoms with Gasteiger partial charge in [-0.2, -0.15) is 0 Å². The monoisotopic (exact) mass is 230 g/mol. The first kappa shape index (κ1) is 9.77. The highest BCUT2D eigenvalue weighted by molar-refractivity contribution is 5.83. The highest BCUT2D eigenvalue weighted by Crippen LogP contribution is 2.30. The number of rotatable bonds is 2. The number of hydrogen-bond donors (Lipinski definition) is 1. The van der Waals surface area contributed by atoms with Crippen LogP contribution in [0.25, 0.3) is 22.5 Å². The number of hydrogen-bond acceptors (Lipinski definition) is 5. The Hall–Kier alpha value is -2.43. The largest absolute Gasteiger partial charge is 0.497 e. The lowest BCUT2D eigenvalue weighted by Gasteiger charge is -1.96. The van der Waals surface area contributed by atoms with Crippen molar-refractivity contribution < 1.29 is 13.7 Å². The second kappa shape index (κ2) is 3.55. The molecule has 0 aliphatic heterocycles. The van der Waals surface area contributed by atoms with Crippen LogP contribution in [0.1, 0.15) is 0 Å². The molecule has 0 saturated heterocycles. The molecule has 2 N–H and O–H groups in total. The summed E-state index contributed by atoms with van der Waals surface area (Å²) in [6.07, 6.45) is 0. The molecule has 3 aromatic rings. The minimum atomic E-state index is 0.332. The van der Waals surface area contributed by atoms with Crippen LogP contribution in [0.4, 0.5) is 5.82 Å². The number of fused-ring (bicyclic) bond motifs is 1. The van der Waals surface area contributed by atoms with Crippen molar-refractivity contribution >= 4 is 16.8 Å². The summed E-state index contributed by atoms with van der Waals surface area (Å²) >= 11 is 0. The van der Waals surface area contributed by atoms with Gasteiger partial charge in [-0.3, -0.25) is 0 Å². The fraction of sp³-hybridized carbons (Fsp3) is 0.0833. The van der Waals surface area contributed by atoms with Crippen LogP contribution in [0.5, 0.6) is 5.75 Å². The van der Waals surface area contributed by atoms with Crippen LogP contribution < -0.4 is 10.5 Å². The molecule has 5 heteroatoms. The van der Waals surface area contributed by atoms with Gasteiger partial charge in [0.15, 0.2) is 11.6 Å². The highest BCUT2D eigenvalue weighted by atomic mass is 16.5. The molecule has 0 radical (unpaired) electrons. The molecule has 2 heterocycles. The van der Waals surface area contributed by atoms with Crippen molar-refractivity contribution in [3.05, 3.63) is 30.3 Å². The number of nitrogens with zero attached hydrogens (tertiary/aromatic N) is 1. The van der Waals surface area contributed by atoms with E-state index in [0.29, 0.717) is 17.3 Å². The number of methoxy groups -OCH3 is 1. The summed E-state index contributed by atoms with van der Waals surface area (Å²) < 4.78 is 15.8. The molecule has 0 atom stereocenters. The van der Waals surface area contributed by atoms with E-state index < -0.39 is 0 Å². The summed E-state index contributed by atoms with van der Waals surface area (Å²) in [5.74, 6) is 2.22. The van der Waals surface area contributed by atoms with Crippen LogP contribution in [-0.2, 0) is 0 Å². The van der Waals surface area contributed by atoms with E-state index in [1.165, 1.54) is 0 Å². The zero-order chi connectivity index (χ0) is 11.8. The van der Waals surface area contributed by atoms with Crippen molar-refractivity contribution in [2.75, 3.05) is 12.8 Å². The molecule has 0 amide bonds. The summed E-state index contributed by atoms with van der Waals surface area (Å²) in [5, 5.41) is 4.55. The molecule has 0 aliphatic carbocycles. The first-order valence-corrected chi connectivity index (χ1v) is 5.06. The van der Waals surface area contributed by atoms with Crippen LogP contribution in [-0.4, -0.2) is 12.3 Å². The minimum Gasteiger partial charge on any atom is -0.497 e. The Morgan fingerprint density at radius 3 is 2.76 bits per heavy atom. The molecule has 0 saturated carbocycles. The quantitative estimate of drug-likeness (QED) is 0.732. The van der Waals surface area contributed by atoms with Crippen molar-refractivity contribution in [2.24, 2.45) is 0 Å². The molecule has 5 nitrogen and oxygen atoms in total. The molecule has 0 aliphatic rings. The molecule has 17 heavy (non-hydrogen) atoms. The average Bonchev–Trinajstić information content (AvgIpc) is 2.93. The fourth-order valence-corrected chi connectivity index (χ4v) is 1.67. The Morgan fingerprint density at radius 1 is 1.18 bits per heavy atom. The van der Waals surface area contributed by atoms with Gasteiger partial charge in [-0.15, -0.1) is 0 Å². The summed E-state index contributed by atoms with van der Waals surface area (Å²) in [6, 6.07) is 9.05. The highest BCUT2D eigenvalue weighted by Gasteiger charge is 2.11. The lowest BCUT2D eigenvalue weighted by atomic mass is 10.2. The number of anilines is 1. The first-order valence-electron chi connectivity index (χ1n) is 5.06. The Morgan fingerprint density at radius 2 is 2.06 bits per heavy atom. The Labute approximate surface area is 96.7 Å². The predicted molar refractivity (Wildman–Crippen MR) is 62.7 cm³/mol. The van der Waals surface area contributed by atoms with Crippen molar-refractivity contribution in [3.8, 4) is 17.3 Å². The first-order chi connectivity index (χ1) is 8.26. The maximum atomic E-state index is 5.62. The van der Waals surface area contributed by atoms with Gasteiger partial charge in [0.1, 0.15) is 11.3 Å². The summed E-state index contributed by atoms with van der Waals surface area (Å²) in [6.45, 7) is 0. The van der Waals surface area contributed by atoms with Gasteiger partial charge in [-0.25, -0.2) is 0 Å². The average molecular weight is 230 g/mol. The fourth-order valence-electron chi connectivity index (χ4n) is 1.67. The van der Waals surface area contributed by atoms with E-state index in [4.69, 9.17) is 19.4 Å². The van der Waals surface area contributed by atoms with Gasteiger partial charge < -0.3 is 19.4 Å². The zero-order valence-corrected chi connectivity index (χ0v) is 9.14. The molecule has 2 aromatic heterocycles. The van der Waals surface area contributed by atoms with Gasteiger partial charge >= 0.3 is 0 Å². The maximum Gasteiger partial charge on any atom is 0.204 e. The third-order valence-corrected chi connectivity index (χ3v) is 2.49. The van der Waals surface area contributed by atoms with Crippen molar-refractivity contribution in [1.82, 2.24) is 5.16 Å². The third kappa shape index (κ3) is 1.61. The maximum absolute atomic E-state index is 5.62. The van der Waals surface area contributed by atoms with Gasteiger partial charge in [0, 0.05) is 11.5 Å². The molecule has 0 unspecified atom stereocenters. The van der Waals surface area contributed by atoms with Gasteiger partial charge in [0.25, 0.3) is 0 Å².